The Morgan fingerprint density at radius 2 is 1.90 bits per heavy atom. The van der Waals surface area contributed by atoms with E-state index in [1.165, 1.54) is 6.92 Å². The molecule has 21 heavy (non-hydrogen) atoms. The van der Waals surface area contributed by atoms with Crippen LogP contribution in [0, 0.1) is 0 Å². The van der Waals surface area contributed by atoms with Gasteiger partial charge in [-0.15, -0.1) is 0 Å². The van der Waals surface area contributed by atoms with Crippen molar-refractivity contribution in [3.63, 3.8) is 0 Å². The highest BCUT2D eigenvalue weighted by Crippen LogP contribution is 2.19. The number of rotatable bonds is 8. The van der Waals surface area contributed by atoms with Gasteiger partial charge in [0.15, 0.2) is 0 Å². The first-order valence-electron chi connectivity index (χ1n) is 7.00. The van der Waals surface area contributed by atoms with E-state index >= 15 is 0 Å². The molecule has 0 fully saturated rings. The number of benzene rings is 1. The van der Waals surface area contributed by atoms with Crippen LogP contribution in [0.2, 0.25) is 0 Å². The molecule has 0 saturated heterocycles. The van der Waals surface area contributed by atoms with Crippen LogP contribution >= 0.6 is 0 Å². The molecule has 0 amide bonds. The lowest BCUT2D eigenvalue weighted by Crippen LogP contribution is -2.52. The van der Waals surface area contributed by atoms with Crippen molar-refractivity contribution in [1.29, 1.82) is 0 Å². The summed E-state index contributed by atoms with van der Waals surface area (Å²) in [5.74, 6) is -1.49. The number of carboxylic acid groups (broad SMARTS) is 1. The van der Waals surface area contributed by atoms with Gasteiger partial charge in [0.25, 0.3) is 0 Å². The first-order chi connectivity index (χ1) is 9.70. The summed E-state index contributed by atoms with van der Waals surface area (Å²) in [7, 11) is -3.68. The van der Waals surface area contributed by atoms with Crippen LogP contribution in [0.3, 0.4) is 0 Å². The predicted octanol–water partition coefficient (Wildman–Crippen LogP) is 2.35. The Morgan fingerprint density at radius 3 is 2.38 bits per heavy atom. The van der Waals surface area contributed by atoms with Crippen molar-refractivity contribution in [2.45, 2.75) is 45.1 Å². The number of hydrogen-bond acceptors (Lipinski definition) is 3. The van der Waals surface area contributed by atoms with Crippen LogP contribution < -0.4 is 4.72 Å². The van der Waals surface area contributed by atoms with E-state index in [1.807, 2.05) is 44.2 Å². The van der Waals surface area contributed by atoms with E-state index in [9.17, 15) is 18.3 Å². The van der Waals surface area contributed by atoms with E-state index in [4.69, 9.17) is 0 Å². The van der Waals surface area contributed by atoms with Gasteiger partial charge in [-0.2, -0.15) is 4.72 Å². The van der Waals surface area contributed by atoms with Gasteiger partial charge >= 0.3 is 5.97 Å². The Morgan fingerprint density at radius 1 is 1.33 bits per heavy atom. The third-order valence-electron chi connectivity index (χ3n) is 3.44. The summed E-state index contributed by atoms with van der Waals surface area (Å²) >= 11 is 0. The molecule has 1 rings (SSSR count). The average molecular weight is 313 g/mol. The Kier molecular flexibility index (Phi) is 5.92. The van der Waals surface area contributed by atoms with Crippen LogP contribution in [-0.4, -0.2) is 30.8 Å². The molecule has 0 aromatic heterocycles. The van der Waals surface area contributed by atoms with Crippen molar-refractivity contribution in [1.82, 2.24) is 4.72 Å². The fraction of sp³-hybridized carbons (Fsp3) is 0.533. The van der Waals surface area contributed by atoms with Crippen LogP contribution in [0.5, 0.6) is 0 Å². The summed E-state index contributed by atoms with van der Waals surface area (Å²) in [4.78, 5) is 11.3. The van der Waals surface area contributed by atoms with Gasteiger partial charge in [-0.1, -0.05) is 50.6 Å². The maximum absolute atomic E-state index is 12.2. The number of nitrogens with one attached hydrogen (secondary N) is 1. The molecule has 5 nitrogen and oxygen atoms in total. The van der Waals surface area contributed by atoms with Crippen LogP contribution in [-0.2, 0) is 14.8 Å². The van der Waals surface area contributed by atoms with Crippen molar-refractivity contribution in [3.05, 3.63) is 35.9 Å². The van der Waals surface area contributed by atoms with Crippen LogP contribution in [0.1, 0.15) is 45.1 Å². The summed E-state index contributed by atoms with van der Waals surface area (Å²) < 4.78 is 26.8. The number of carbonyl (C=O) groups is 1. The van der Waals surface area contributed by atoms with E-state index in [0.717, 1.165) is 5.56 Å². The van der Waals surface area contributed by atoms with Gasteiger partial charge in [-0.3, -0.25) is 4.79 Å². The molecule has 0 spiro atoms. The predicted molar refractivity (Wildman–Crippen MR) is 82.7 cm³/mol. The van der Waals surface area contributed by atoms with Crippen LogP contribution in [0.4, 0.5) is 0 Å². The van der Waals surface area contributed by atoms with E-state index in [-0.39, 0.29) is 18.1 Å². The van der Waals surface area contributed by atoms with Gasteiger partial charge in [0, 0.05) is 0 Å². The fourth-order valence-electron chi connectivity index (χ4n) is 2.29. The Bertz CT molecular complexity index is 571. The van der Waals surface area contributed by atoms with Crippen LogP contribution in [0.15, 0.2) is 30.3 Å². The third-order valence-corrected chi connectivity index (χ3v) is 5.14. The van der Waals surface area contributed by atoms with Crippen molar-refractivity contribution < 1.29 is 18.3 Å². The van der Waals surface area contributed by atoms with E-state index < -0.39 is 21.5 Å². The number of hydrogen-bond donors (Lipinski definition) is 2. The lowest BCUT2D eigenvalue weighted by molar-refractivity contribution is -0.143. The van der Waals surface area contributed by atoms with Gasteiger partial charge in [-0.25, -0.2) is 8.42 Å². The molecule has 2 unspecified atom stereocenters. The summed E-state index contributed by atoms with van der Waals surface area (Å²) in [5, 5.41) is 9.25. The minimum atomic E-state index is -3.68. The topological polar surface area (TPSA) is 83.5 Å². The molecule has 0 aliphatic rings. The van der Waals surface area contributed by atoms with E-state index in [2.05, 4.69) is 4.72 Å². The maximum atomic E-state index is 12.2. The molecule has 0 bridgehead atoms. The van der Waals surface area contributed by atoms with Crippen molar-refractivity contribution in [2.75, 3.05) is 5.75 Å². The fourth-order valence-corrected chi connectivity index (χ4v) is 4.10. The molecule has 0 radical (unpaired) electrons. The quantitative estimate of drug-likeness (QED) is 0.771. The molecule has 2 N–H and O–H groups in total. The van der Waals surface area contributed by atoms with Crippen molar-refractivity contribution >= 4 is 16.0 Å². The number of aliphatic carboxylic acids is 1. The monoisotopic (exact) mass is 313 g/mol. The maximum Gasteiger partial charge on any atom is 0.324 e. The molecule has 1 aromatic carbocycles. The average Bonchev–Trinajstić information content (AvgIpc) is 2.38. The van der Waals surface area contributed by atoms with Crippen LogP contribution in [0.25, 0.3) is 0 Å². The second-order valence-electron chi connectivity index (χ2n) is 5.58. The lowest BCUT2D eigenvalue weighted by atomic mass is 9.98. The zero-order valence-electron chi connectivity index (χ0n) is 12.7. The molecule has 0 aliphatic carbocycles. The molecular formula is C15H23NO4S. The SMILES string of the molecule is CCCC(C)(NS(=O)(=O)CC(C)c1ccccc1)C(=O)O. The lowest BCUT2D eigenvalue weighted by Gasteiger charge is -2.26. The summed E-state index contributed by atoms with van der Waals surface area (Å²) in [5.41, 5.74) is -0.542. The first-order valence-corrected chi connectivity index (χ1v) is 8.65. The Labute approximate surface area is 126 Å². The molecule has 6 heteroatoms. The second-order valence-corrected chi connectivity index (χ2v) is 7.35. The highest BCUT2D eigenvalue weighted by molar-refractivity contribution is 7.89. The zero-order chi connectivity index (χ0) is 16.1. The normalized spacial score (nSPS) is 16.1. The van der Waals surface area contributed by atoms with Gasteiger partial charge in [0.1, 0.15) is 5.54 Å². The highest BCUT2D eigenvalue weighted by atomic mass is 32.2. The number of sulfonamides is 1. The van der Waals surface area contributed by atoms with Gasteiger partial charge in [0.2, 0.25) is 10.0 Å². The van der Waals surface area contributed by atoms with Gasteiger partial charge < -0.3 is 5.11 Å². The standard InChI is InChI=1S/C15H23NO4S/c1-4-10-15(3,14(17)18)16-21(19,20)11-12(2)13-8-6-5-7-9-13/h5-9,12,16H,4,10-11H2,1-3H3,(H,17,18). The zero-order valence-corrected chi connectivity index (χ0v) is 13.5. The highest BCUT2D eigenvalue weighted by Gasteiger charge is 2.36. The minimum absolute atomic E-state index is 0.135. The molecule has 0 saturated carbocycles. The number of carboxylic acids is 1. The summed E-state index contributed by atoms with van der Waals surface area (Å²) in [6, 6.07) is 9.30. The largest absolute Gasteiger partial charge is 0.480 e. The molecular weight excluding hydrogens is 290 g/mol. The van der Waals surface area contributed by atoms with Crippen molar-refractivity contribution in [2.24, 2.45) is 0 Å². The van der Waals surface area contributed by atoms with Gasteiger partial charge in [0.05, 0.1) is 5.75 Å². The Balaban J connectivity index is 2.84. The van der Waals surface area contributed by atoms with E-state index in [1.54, 1.807) is 0 Å². The van der Waals surface area contributed by atoms with E-state index in [0.29, 0.717) is 6.42 Å². The molecule has 0 heterocycles. The molecule has 118 valence electrons. The minimum Gasteiger partial charge on any atom is -0.480 e. The van der Waals surface area contributed by atoms with Gasteiger partial charge in [-0.05, 0) is 24.8 Å². The third kappa shape index (κ3) is 5.13. The molecule has 0 aliphatic heterocycles. The smallest absolute Gasteiger partial charge is 0.324 e. The summed E-state index contributed by atoms with van der Waals surface area (Å²) in [6.45, 7) is 5.04. The molecule has 1 aromatic rings. The Hall–Kier alpha value is -1.40. The molecule has 2 atom stereocenters. The summed E-state index contributed by atoms with van der Waals surface area (Å²) in [6.07, 6.45) is 0.834. The van der Waals surface area contributed by atoms with Crippen molar-refractivity contribution in [3.8, 4) is 0 Å². The first kappa shape index (κ1) is 17.7. The second kappa shape index (κ2) is 7.04.